The van der Waals surface area contributed by atoms with Gasteiger partial charge in [0.2, 0.25) is 0 Å². The van der Waals surface area contributed by atoms with Crippen LogP contribution in [0.2, 0.25) is 0 Å². The van der Waals surface area contributed by atoms with Crippen molar-refractivity contribution < 1.29 is 23.9 Å². The lowest BCUT2D eigenvalue weighted by Gasteiger charge is -2.18. The molecule has 6 nitrogen and oxygen atoms in total. The normalized spacial score (nSPS) is 17.0. The highest BCUT2D eigenvalue weighted by atomic mass is 16.6. The highest BCUT2D eigenvalue weighted by Gasteiger charge is 2.37. The quantitative estimate of drug-likeness (QED) is 0.406. The number of allylic oxidation sites excluding steroid dienone is 1. The van der Waals surface area contributed by atoms with Gasteiger partial charge in [0, 0.05) is 11.6 Å². The maximum absolute atomic E-state index is 12.7. The van der Waals surface area contributed by atoms with E-state index >= 15 is 0 Å². The minimum atomic E-state index is -0.695. The van der Waals surface area contributed by atoms with Crippen molar-refractivity contribution in [1.82, 2.24) is 4.90 Å². The molecule has 0 unspecified atom stereocenters. The van der Waals surface area contributed by atoms with Gasteiger partial charge in [-0.3, -0.25) is 4.79 Å². The number of cyclic esters (lactones) is 1. The molecule has 26 heavy (non-hydrogen) atoms. The number of amides is 2. The molecule has 1 aromatic carbocycles. The Morgan fingerprint density at radius 1 is 1.35 bits per heavy atom. The van der Waals surface area contributed by atoms with Gasteiger partial charge in [0.25, 0.3) is 5.91 Å². The Hall–Kier alpha value is -2.89. The number of carbonyl (C=O) groups excluding carboxylic acids is 3. The molecule has 1 aliphatic rings. The third-order valence-corrected chi connectivity index (χ3v) is 3.97. The molecule has 0 aliphatic carbocycles. The van der Waals surface area contributed by atoms with Crippen LogP contribution in [0.3, 0.4) is 0 Å². The minimum Gasteiger partial charge on any atom is -0.463 e. The van der Waals surface area contributed by atoms with Gasteiger partial charge in [-0.05, 0) is 31.7 Å². The van der Waals surface area contributed by atoms with Crippen molar-refractivity contribution in [3.05, 3.63) is 60.2 Å². The van der Waals surface area contributed by atoms with Gasteiger partial charge in [-0.25, -0.2) is 14.5 Å². The molecule has 2 rings (SSSR count). The molecule has 0 spiro atoms. The van der Waals surface area contributed by atoms with Crippen molar-refractivity contribution in [3.63, 3.8) is 0 Å². The molecule has 6 heteroatoms. The molecule has 0 bridgehead atoms. The standard InChI is InChI=1S/C20H23NO5/c1-3-5-11-16(19(23)25-4-2)13-18(22)21-17(14-26-20(21)24)12-15-9-7-6-8-10-15/h3,6-10,13,17H,1,4-5,11-12,14H2,2H3/b16-13-/t17-/m1/s1. The molecule has 1 saturated heterocycles. The fourth-order valence-electron chi connectivity index (χ4n) is 2.70. The number of nitrogens with zero attached hydrogens (tertiary/aromatic N) is 1. The van der Waals surface area contributed by atoms with E-state index in [-0.39, 0.29) is 18.8 Å². The van der Waals surface area contributed by atoms with Crippen molar-refractivity contribution in [2.75, 3.05) is 13.2 Å². The second-order valence-corrected chi connectivity index (χ2v) is 5.85. The number of esters is 1. The molecule has 1 atom stereocenters. The van der Waals surface area contributed by atoms with Crippen molar-refractivity contribution in [1.29, 1.82) is 0 Å². The maximum Gasteiger partial charge on any atom is 0.417 e. The number of carbonyl (C=O) groups is 3. The average Bonchev–Trinajstić information content (AvgIpc) is 2.99. The minimum absolute atomic E-state index is 0.134. The molecule has 0 aromatic heterocycles. The lowest BCUT2D eigenvalue weighted by atomic mass is 10.1. The zero-order valence-electron chi connectivity index (χ0n) is 14.8. The van der Waals surface area contributed by atoms with Crippen molar-refractivity contribution in [2.24, 2.45) is 0 Å². The smallest absolute Gasteiger partial charge is 0.417 e. The van der Waals surface area contributed by atoms with Gasteiger partial charge < -0.3 is 9.47 Å². The Morgan fingerprint density at radius 3 is 2.73 bits per heavy atom. The molecular formula is C20H23NO5. The molecular weight excluding hydrogens is 334 g/mol. The molecule has 1 aromatic rings. The number of benzene rings is 1. The van der Waals surface area contributed by atoms with Crippen molar-refractivity contribution in [2.45, 2.75) is 32.2 Å². The van der Waals surface area contributed by atoms with Crippen LogP contribution in [-0.4, -0.2) is 42.1 Å². The zero-order chi connectivity index (χ0) is 18.9. The van der Waals surface area contributed by atoms with Crippen LogP contribution in [0, 0.1) is 0 Å². The monoisotopic (exact) mass is 357 g/mol. The fraction of sp³-hybridized carbons (Fsp3) is 0.350. The Labute approximate surface area is 153 Å². The summed E-state index contributed by atoms with van der Waals surface area (Å²) in [6.45, 7) is 5.65. The molecule has 1 fully saturated rings. The van der Waals surface area contributed by atoms with E-state index in [9.17, 15) is 14.4 Å². The van der Waals surface area contributed by atoms with E-state index < -0.39 is 24.0 Å². The molecule has 1 aliphatic heterocycles. The van der Waals surface area contributed by atoms with Crippen LogP contribution in [0.4, 0.5) is 4.79 Å². The summed E-state index contributed by atoms with van der Waals surface area (Å²) in [6, 6.07) is 9.14. The first-order chi connectivity index (χ1) is 12.6. The van der Waals surface area contributed by atoms with E-state index in [1.807, 2.05) is 30.3 Å². The molecule has 0 saturated carbocycles. The summed E-state index contributed by atoms with van der Waals surface area (Å²) in [6.07, 6.45) is 3.47. The fourth-order valence-corrected chi connectivity index (χ4v) is 2.70. The summed E-state index contributed by atoms with van der Waals surface area (Å²) in [5.74, 6) is -1.13. The van der Waals surface area contributed by atoms with Gasteiger partial charge in [0.1, 0.15) is 6.61 Å². The van der Waals surface area contributed by atoms with Gasteiger partial charge >= 0.3 is 12.1 Å². The average molecular weight is 357 g/mol. The largest absolute Gasteiger partial charge is 0.463 e. The Kier molecular flexibility index (Phi) is 7.14. The van der Waals surface area contributed by atoms with E-state index in [2.05, 4.69) is 6.58 Å². The van der Waals surface area contributed by atoms with Crippen molar-refractivity contribution in [3.8, 4) is 0 Å². The van der Waals surface area contributed by atoms with E-state index in [0.717, 1.165) is 10.5 Å². The summed E-state index contributed by atoms with van der Waals surface area (Å²) in [5, 5.41) is 0. The van der Waals surface area contributed by atoms with Crippen LogP contribution in [0.15, 0.2) is 54.6 Å². The van der Waals surface area contributed by atoms with Gasteiger partial charge in [-0.2, -0.15) is 0 Å². The summed E-state index contributed by atoms with van der Waals surface area (Å²) in [4.78, 5) is 37.8. The van der Waals surface area contributed by atoms with E-state index in [0.29, 0.717) is 19.3 Å². The lowest BCUT2D eigenvalue weighted by Crippen LogP contribution is -2.39. The van der Waals surface area contributed by atoms with Crippen LogP contribution in [0.5, 0.6) is 0 Å². The number of hydrogen-bond acceptors (Lipinski definition) is 5. The highest BCUT2D eigenvalue weighted by Crippen LogP contribution is 2.19. The molecule has 2 amide bonds. The summed E-state index contributed by atoms with van der Waals surface area (Å²) in [5.41, 5.74) is 1.21. The third kappa shape index (κ3) is 5.05. The van der Waals surface area contributed by atoms with Crippen LogP contribution in [0.1, 0.15) is 25.3 Å². The second-order valence-electron chi connectivity index (χ2n) is 5.85. The zero-order valence-corrected chi connectivity index (χ0v) is 14.8. The number of rotatable bonds is 8. The predicted octanol–water partition coefficient (Wildman–Crippen LogP) is 3.03. The highest BCUT2D eigenvalue weighted by molar-refractivity contribution is 6.04. The SMILES string of the molecule is C=CCC/C(=C/C(=O)N1C(=O)OC[C@H]1Cc1ccccc1)C(=O)OCC. The van der Waals surface area contributed by atoms with Gasteiger partial charge in [0.15, 0.2) is 0 Å². The first-order valence-corrected chi connectivity index (χ1v) is 8.59. The van der Waals surface area contributed by atoms with Gasteiger partial charge in [-0.1, -0.05) is 36.4 Å². The molecule has 0 N–H and O–H groups in total. The van der Waals surface area contributed by atoms with Crippen LogP contribution < -0.4 is 0 Å². The molecule has 138 valence electrons. The van der Waals surface area contributed by atoms with Gasteiger partial charge in [-0.15, -0.1) is 6.58 Å². The first-order valence-electron chi connectivity index (χ1n) is 8.59. The summed E-state index contributed by atoms with van der Waals surface area (Å²) < 4.78 is 10.0. The Bertz CT molecular complexity index is 695. The maximum atomic E-state index is 12.7. The van der Waals surface area contributed by atoms with Crippen LogP contribution in [0.25, 0.3) is 0 Å². The Balaban J connectivity index is 2.18. The molecule has 1 heterocycles. The summed E-state index contributed by atoms with van der Waals surface area (Å²) >= 11 is 0. The van der Waals surface area contributed by atoms with E-state index in [1.165, 1.54) is 6.08 Å². The first kappa shape index (κ1) is 19.4. The van der Waals surface area contributed by atoms with Crippen LogP contribution in [-0.2, 0) is 25.5 Å². The van der Waals surface area contributed by atoms with E-state index in [1.54, 1.807) is 13.0 Å². The third-order valence-electron chi connectivity index (χ3n) is 3.97. The van der Waals surface area contributed by atoms with Gasteiger partial charge in [0.05, 0.1) is 12.6 Å². The van der Waals surface area contributed by atoms with Crippen molar-refractivity contribution >= 4 is 18.0 Å². The predicted molar refractivity (Wildman–Crippen MR) is 96.3 cm³/mol. The lowest BCUT2D eigenvalue weighted by molar-refractivity contribution is -0.139. The summed E-state index contributed by atoms with van der Waals surface area (Å²) in [7, 11) is 0. The second kappa shape index (κ2) is 9.56. The topological polar surface area (TPSA) is 72.9 Å². The molecule has 0 radical (unpaired) electrons. The van der Waals surface area contributed by atoms with E-state index in [4.69, 9.17) is 9.47 Å². The number of imide groups is 1. The number of hydrogen-bond donors (Lipinski definition) is 0. The van der Waals surface area contributed by atoms with Crippen LogP contribution >= 0.6 is 0 Å². The number of ether oxygens (including phenoxy) is 2. The Morgan fingerprint density at radius 2 is 2.08 bits per heavy atom.